The summed E-state index contributed by atoms with van der Waals surface area (Å²) in [5, 5.41) is 12.1. The van der Waals surface area contributed by atoms with Crippen molar-refractivity contribution < 1.29 is 24.2 Å². The predicted molar refractivity (Wildman–Crippen MR) is 145 cm³/mol. The maximum Gasteiger partial charge on any atom is 0.335 e. The minimum Gasteiger partial charge on any atom is -0.488 e. The number of halogens is 2. The number of carbonyl (C=O) groups excluding carboxylic acids is 2. The van der Waals surface area contributed by atoms with Gasteiger partial charge in [0, 0.05) is 5.02 Å². The van der Waals surface area contributed by atoms with Crippen LogP contribution in [0.2, 0.25) is 5.02 Å². The van der Waals surface area contributed by atoms with Gasteiger partial charge in [0.2, 0.25) is 0 Å². The highest BCUT2D eigenvalue weighted by Crippen LogP contribution is 2.27. The molecule has 1 saturated heterocycles. The zero-order chi connectivity index (χ0) is 25.1. The van der Waals surface area contributed by atoms with Gasteiger partial charge in [0.1, 0.15) is 17.9 Å². The summed E-state index contributed by atoms with van der Waals surface area (Å²) < 4.78 is 6.62. The number of nitrogens with zero attached hydrogens (tertiary/aromatic N) is 1. The maximum absolute atomic E-state index is 13.1. The Morgan fingerprint density at radius 2 is 1.77 bits per heavy atom. The monoisotopic (exact) mass is 618 g/mol. The van der Waals surface area contributed by atoms with Gasteiger partial charge in [0.05, 0.1) is 14.8 Å². The molecule has 0 radical (unpaired) electrons. The van der Waals surface area contributed by atoms with E-state index in [1.54, 1.807) is 54.6 Å². The largest absolute Gasteiger partial charge is 0.488 e. The first-order chi connectivity index (χ1) is 16.7. The Labute approximate surface area is 224 Å². The molecule has 0 unspecified atom stereocenters. The van der Waals surface area contributed by atoms with Crippen LogP contribution < -0.4 is 15.0 Å². The molecule has 4 rings (SSSR count). The van der Waals surface area contributed by atoms with Gasteiger partial charge in [0.25, 0.3) is 11.8 Å². The first-order valence-electron chi connectivity index (χ1n) is 10.1. The molecule has 1 heterocycles. The zero-order valence-corrected chi connectivity index (χ0v) is 21.6. The summed E-state index contributed by atoms with van der Waals surface area (Å²) in [5.74, 6) is -1.50. The highest BCUT2D eigenvalue weighted by atomic mass is 127. The van der Waals surface area contributed by atoms with Crippen molar-refractivity contribution in [3.63, 3.8) is 0 Å². The molecule has 3 aromatic carbocycles. The van der Waals surface area contributed by atoms with Gasteiger partial charge in [-0.25, -0.2) is 4.79 Å². The summed E-state index contributed by atoms with van der Waals surface area (Å²) in [6.07, 6.45) is 1.50. The molecule has 0 atom stereocenters. The molecule has 1 fully saturated rings. The van der Waals surface area contributed by atoms with E-state index in [-0.39, 0.29) is 22.9 Å². The van der Waals surface area contributed by atoms with E-state index in [1.165, 1.54) is 23.1 Å². The number of thiocarbonyl (C=S) groups is 1. The van der Waals surface area contributed by atoms with E-state index in [9.17, 15) is 14.4 Å². The van der Waals surface area contributed by atoms with E-state index in [1.807, 2.05) is 0 Å². The SMILES string of the molecule is O=C1NC(=S)N(c2ccc(Cl)cc2)C(=O)/C1=C/c1ccc(OCc2ccc(C(=O)O)cc2)c(I)c1. The van der Waals surface area contributed by atoms with Crippen LogP contribution in [-0.4, -0.2) is 28.0 Å². The number of rotatable bonds is 6. The van der Waals surface area contributed by atoms with Gasteiger partial charge in [-0.3, -0.25) is 19.8 Å². The van der Waals surface area contributed by atoms with E-state index in [0.29, 0.717) is 22.0 Å². The first kappa shape index (κ1) is 24.8. The van der Waals surface area contributed by atoms with Crippen LogP contribution in [0.4, 0.5) is 5.69 Å². The lowest BCUT2D eigenvalue weighted by atomic mass is 10.1. The van der Waals surface area contributed by atoms with Crippen LogP contribution in [0.15, 0.2) is 72.3 Å². The number of carboxylic acids is 1. The predicted octanol–water partition coefficient (Wildman–Crippen LogP) is 5.05. The lowest BCUT2D eigenvalue weighted by Gasteiger charge is -2.29. The molecule has 176 valence electrons. The second-order valence-corrected chi connectivity index (χ2v) is 9.40. The average Bonchev–Trinajstić information content (AvgIpc) is 2.82. The third-order valence-corrected chi connectivity index (χ3v) is 6.43. The highest BCUT2D eigenvalue weighted by Gasteiger charge is 2.34. The van der Waals surface area contributed by atoms with Crippen molar-refractivity contribution in [2.24, 2.45) is 0 Å². The van der Waals surface area contributed by atoms with Gasteiger partial charge in [-0.2, -0.15) is 0 Å². The summed E-state index contributed by atoms with van der Waals surface area (Å²) in [6.45, 7) is 0.255. The Morgan fingerprint density at radius 3 is 2.40 bits per heavy atom. The molecule has 0 saturated carbocycles. The molecule has 7 nitrogen and oxygen atoms in total. The van der Waals surface area contributed by atoms with Crippen molar-refractivity contribution in [1.82, 2.24) is 5.32 Å². The van der Waals surface area contributed by atoms with Crippen LogP contribution in [0.3, 0.4) is 0 Å². The van der Waals surface area contributed by atoms with Gasteiger partial charge in [-0.1, -0.05) is 29.8 Å². The van der Waals surface area contributed by atoms with Gasteiger partial charge in [-0.05, 0) is 101 Å². The number of anilines is 1. The second-order valence-electron chi connectivity index (χ2n) is 7.41. The van der Waals surface area contributed by atoms with Crippen molar-refractivity contribution in [2.45, 2.75) is 6.61 Å². The Hall–Kier alpha value is -3.28. The Kier molecular flexibility index (Phi) is 7.48. The van der Waals surface area contributed by atoms with E-state index >= 15 is 0 Å². The summed E-state index contributed by atoms with van der Waals surface area (Å²) in [6, 6.07) is 18.2. The van der Waals surface area contributed by atoms with Crippen LogP contribution in [-0.2, 0) is 16.2 Å². The molecule has 0 aromatic heterocycles. The first-order valence-corrected chi connectivity index (χ1v) is 12.0. The third-order valence-electron chi connectivity index (χ3n) is 5.05. The van der Waals surface area contributed by atoms with Crippen molar-refractivity contribution in [1.29, 1.82) is 0 Å². The van der Waals surface area contributed by atoms with Crippen molar-refractivity contribution in [3.8, 4) is 5.75 Å². The quantitative estimate of drug-likeness (QED) is 0.174. The van der Waals surface area contributed by atoms with Gasteiger partial charge < -0.3 is 9.84 Å². The second kappa shape index (κ2) is 10.5. The normalized spacial score (nSPS) is 14.7. The van der Waals surface area contributed by atoms with Crippen molar-refractivity contribution in [2.75, 3.05) is 4.90 Å². The van der Waals surface area contributed by atoms with E-state index < -0.39 is 17.8 Å². The Balaban J connectivity index is 1.52. The average molecular weight is 619 g/mol. The number of carbonyl (C=O) groups is 3. The number of aromatic carboxylic acids is 1. The Bertz CT molecular complexity index is 1370. The molecule has 2 N–H and O–H groups in total. The fraction of sp³-hybridized carbons (Fsp3) is 0.0400. The molecule has 35 heavy (non-hydrogen) atoms. The molecule has 10 heteroatoms. The van der Waals surface area contributed by atoms with Gasteiger partial charge in [0.15, 0.2) is 5.11 Å². The van der Waals surface area contributed by atoms with E-state index in [2.05, 4.69) is 27.9 Å². The third kappa shape index (κ3) is 5.69. The number of ether oxygens (including phenoxy) is 1. The molecule has 2 amide bonds. The van der Waals surface area contributed by atoms with Gasteiger partial charge in [-0.15, -0.1) is 0 Å². The molecular weight excluding hydrogens is 603 g/mol. The molecule has 1 aliphatic heterocycles. The van der Waals surface area contributed by atoms with Crippen LogP contribution in [0.1, 0.15) is 21.5 Å². The highest BCUT2D eigenvalue weighted by molar-refractivity contribution is 14.1. The number of carboxylic acid groups (broad SMARTS) is 1. The van der Waals surface area contributed by atoms with Crippen LogP contribution in [0, 0.1) is 3.57 Å². The Morgan fingerprint density at radius 1 is 1.09 bits per heavy atom. The zero-order valence-electron chi connectivity index (χ0n) is 17.8. The van der Waals surface area contributed by atoms with Crippen molar-refractivity contribution in [3.05, 3.63) is 97.6 Å². The lowest BCUT2D eigenvalue weighted by Crippen LogP contribution is -2.54. The van der Waals surface area contributed by atoms with E-state index in [0.717, 1.165) is 9.13 Å². The smallest absolute Gasteiger partial charge is 0.335 e. The maximum atomic E-state index is 13.1. The van der Waals surface area contributed by atoms with Crippen LogP contribution in [0.5, 0.6) is 5.75 Å². The van der Waals surface area contributed by atoms with Gasteiger partial charge >= 0.3 is 5.97 Å². The number of nitrogens with one attached hydrogen (secondary N) is 1. The molecule has 0 spiro atoms. The number of amides is 2. The van der Waals surface area contributed by atoms with Crippen LogP contribution >= 0.6 is 46.4 Å². The summed E-state index contributed by atoms with van der Waals surface area (Å²) in [4.78, 5) is 37.9. The number of benzene rings is 3. The summed E-state index contributed by atoms with van der Waals surface area (Å²) in [7, 11) is 0. The molecule has 0 aliphatic carbocycles. The minimum atomic E-state index is -0.986. The standard InChI is InChI=1S/C25H16ClIN2O5S/c26-17-6-8-18(9-7-17)29-23(31)19(22(30)28-25(29)35)11-15-3-10-21(20(27)12-15)34-13-14-1-4-16(5-2-14)24(32)33/h1-12H,13H2,(H,32,33)(H,28,30,35)/b19-11+. The lowest BCUT2D eigenvalue weighted by molar-refractivity contribution is -0.122. The summed E-state index contributed by atoms with van der Waals surface area (Å²) >= 11 is 13.2. The minimum absolute atomic E-state index is 0.00538. The van der Waals surface area contributed by atoms with Crippen LogP contribution in [0.25, 0.3) is 6.08 Å². The van der Waals surface area contributed by atoms with E-state index in [4.69, 9.17) is 33.7 Å². The fourth-order valence-electron chi connectivity index (χ4n) is 3.28. The molecule has 0 bridgehead atoms. The topological polar surface area (TPSA) is 95.9 Å². The fourth-order valence-corrected chi connectivity index (χ4v) is 4.38. The summed E-state index contributed by atoms with van der Waals surface area (Å²) in [5.41, 5.74) is 2.09. The molecular formula is C25H16ClIN2O5S. The van der Waals surface area contributed by atoms with Crippen molar-refractivity contribution >= 4 is 81.1 Å². The molecule has 1 aliphatic rings. The molecule has 3 aromatic rings. The number of hydrogen-bond donors (Lipinski definition) is 2. The number of hydrogen-bond acceptors (Lipinski definition) is 5.